The van der Waals surface area contributed by atoms with E-state index in [1.807, 2.05) is 32.0 Å². The van der Waals surface area contributed by atoms with Crippen molar-refractivity contribution < 1.29 is 4.74 Å². The van der Waals surface area contributed by atoms with Gasteiger partial charge >= 0.3 is 0 Å². The number of benzene rings is 1. The van der Waals surface area contributed by atoms with Crippen LogP contribution in [0.15, 0.2) is 24.5 Å². The normalized spacial score (nSPS) is 10.3. The zero-order valence-corrected chi connectivity index (χ0v) is 9.06. The molecule has 0 aliphatic carbocycles. The van der Waals surface area contributed by atoms with E-state index in [4.69, 9.17) is 4.74 Å². The van der Waals surface area contributed by atoms with E-state index in [0.717, 1.165) is 22.8 Å². The van der Waals surface area contributed by atoms with Gasteiger partial charge in [0.05, 0.1) is 12.8 Å². The number of aromatic nitrogens is 3. The monoisotopic (exact) mass is 203 g/mol. The molecule has 0 saturated carbocycles. The predicted molar refractivity (Wildman–Crippen MR) is 57.4 cm³/mol. The van der Waals surface area contributed by atoms with Crippen molar-refractivity contribution in [2.45, 2.75) is 13.8 Å². The molecule has 0 radical (unpaired) electrons. The second kappa shape index (κ2) is 3.73. The number of methoxy groups -OCH3 is 1. The van der Waals surface area contributed by atoms with Crippen LogP contribution in [-0.2, 0) is 0 Å². The predicted octanol–water partition coefficient (Wildman–Crippen LogP) is 1.89. The third-order valence-electron chi connectivity index (χ3n) is 2.26. The lowest BCUT2D eigenvalue weighted by Crippen LogP contribution is -1.98. The third kappa shape index (κ3) is 1.83. The second-order valence-electron chi connectivity index (χ2n) is 3.39. The summed E-state index contributed by atoms with van der Waals surface area (Å²) in [7, 11) is 1.66. The maximum absolute atomic E-state index is 5.15. The smallest absolute Gasteiger partial charge is 0.147 e. The van der Waals surface area contributed by atoms with Gasteiger partial charge in [0.2, 0.25) is 0 Å². The summed E-state index contributed by atoms with van der Waals surface area (Å²) in [6, 6.07) is 5.87. The first-order valence-corrected chi connectivity index (χ1v) is 4.74. The second-order valence-corrected chi connectivity index (χ2v) is 3.39. The summed E-state index contributed by atoms with van der Waals surface area (Å²) < 4.78 is 6.91. The van der Waals surface area contributed by atoms with Crippen LogP contribution in [0.25, 0.3) is 5.69 Å². The minimum absolute atomic E-state index is 0.769. The molecule has 0 aliphatic rings. The van der Waals surface area contributed by atoms with Gasteiger partial charge in [-0.3, -0.25) is 0 Å². The molecule has 1 heterocycles. The number of aryl methyl sites for hydroxylation is 2. The molecule has 0 spiro atoms. The first kappa shape index (κ1) is 9.71. The molecule has 0 saturated heterocycles. The zero-order chi connectivity index (χ0) is 10.8. The Morgan fingerprint density at radius 2 is 2.07 bits per heavy atom. The lowest BCUT2D eigenvalue weighted by molar-refractivity contribution is 0.414. The summed E-state index contributed by atoms with van der Waals surface area (Å²) in [5, 5.41) is 4.26. The van der Waals surface area contributed by atoms with E-state index in [1.165, 1.54) is 0 Å². The van der Waals surface area contributed by atoms with Gasteiger partial charge in [-0.05, 0) is 37.6 Å². The van der Waals surface area contributed by atoms with Crippen LogP contribution < -0.4 is 4.74 Å². The van der Waals surface area contributed by atoms with Gasteiger partial charge in [0.25, 0.3) is 0 Å². The Labute approximate surface area is 88.5 Å². The number of rotatable bonds is 2. The third-order valence-corrected chi connectivity index (χ3v) is 2.26. The van der Waals surface area contributed by atoms with Gasteiger partial charge in [0.15, 0.2) is 0 Å². The van der Waals surface area contributed by atoms with Crippen LogP contribution in [0.1, 0.15) is 11.4 Å². The molecule has 1 aromatic heterocycles. The van der Waals surface area contributed by atoms with Crippen molar-refractivity contribution in [3.63, 3.8) is 0 Å². The van der Waals surface area contributed by atoms with E-state index >= 15 is 0 Å². The van der Waals surface area contributed by atoms with Crippen LogP contribution in [0.3, 0.4) is 0 Å². The van der Waals surface area contributed by atoms with Crippen LogP contribution >= 0.6 is 0 Å². The standard InChI is InChI=1S/C11H13N3O/c1-8-6-10(15-3)4-5-11(8)14-7-12-9(2)13-14/h4-7H,1-3H3. The molecule has 1 aromatic carbocycles. The quantitative estimate of drug-likeness (QED) is 0.748. The molecule has 0 aliphatic heterocycles. The molecule has 0 amide bonds. The van der Waals surface area contributed by atoms with E-state index in [-0.39, 0.29) is 0 Å². The van der Waals surface area contributed by atoms with Crippen LogP contribution in [0.2, 0.25) is 0 Å². The molecule has 0 N–H and O–H groups in total. The summed E-state index contributed by atoms with van der Waals surface area (Å²) in [5.41, 5.74) is 2.13. The van der Waals surface area contributed by atoms with E-state index < -0.39 is 0 Å². The van der Waals surface area contributed by atoms with Crippen molar-refractivity contribution >= 4 is 0 Å². The highest BCUT2D eigenvalue weighted by Crippen LogP contribution is 2.19. The molecule has 15 heavy (non-hydrogen) atoms. The Morgan fingerprint density at radius 3 is 2.60 bits per heavy atom. The molecule has 4 nitrogen and oxygen atoms in total. The van der Waals surface area contributed by atoms with Gasteiger partial charge in [0, 0.05) is 0 Å². The van der Waals surface area contributed by atoms with Gasteiger partial charge < -0.3 is 4.74 Å². The van der Waals surface area contributed by atoms with E-state index in [1.54, 1.807) is 18.1 Å². The maximum Gasteiger partial charge on any atom is 0.147 e. The average molecular weight is 203 g/mol. The van der Waals surface area contributed by atoms with Crippen LogP contribution in [0.5, 0.6) is 5.75 Å². The molecular weight excluding hydrogens is 190 g/mol. The van der Waals surface area contributed by atoms with E-state index in [9.17, 15) is 0 Å². The summed E-state index contributed by atoms with van der Waals surface area (Å²) in [6.45, 7) is 3.89. The van der Waals surface area contributed by atoms with Gasteiger partial charge in [-0.25, -0.2) is 9.67 Å². The molecule has 0 fully saturated rings. The van der Waals surface area contributed by atoms with Gasteiger partial charge in [0.1, 0.15) is 17.9 Å². The summed E-state index contributed by atoms with van der Waals surface area (Å²) in [5.74, 6) is 1.62. The van der Waals surface area contributed by atoms with Crippen molar-refractivity contribution in [2.24, 2.45) is 0 Å². The minimum Gasteiger partial charge on any atom is -0.497 e. The average Bonchev–Trinajstić information content (AvgIpc) is 2.64. The highest BCUT2D eigenvalue weighted by atomic mass is 16.5. The zero-order valence-electron chi connectivity index (χ0n) is 9.06. The van der Waals surface area contributed by atoms with Crippen LogP contribution in [0, 0.1) is 13.8 Å². The van der Waals surface area contributed by atoms with Crippen LogP contribution in [0.4, 0.5) is 0 Å². The first-order valence-electron chi connectivity index (χ1n) is 4.74. The Bertz CT molecular complexity index is 476. The van der Waals surface area contributed by atoms with Crippen LogP contribution in [-0.4, -0.2) is 21.9 Å². The largest absolute Gasteiger partial charge is 0.497 e. The number of hydrogen-bond acceptors (Lipinski definition) is 3. The highest BCUT2D eigenvalue weighted by molar-refractivity contribution is 5.44. The Hall–Kier alpha value is -1.84. The summed E-state index contributed by atoms with van der Waals surface area (Å²) in [6.07, 6.45) is 1.71. The first-order chi connectivity index (χ1) is 7.20. The number of hydrogen-bond donors (Lipinski definition) is 0. The molecule has 0 atom stereocenters. The van der Waals surface area contributed by atoms with Gasteiger partial charge in [-0.2, -0.15) is 5.10 Å². The fraction of sp³-hybridized carbons (Fsp3) is 0.273. The minimum atomic E-state index is 0.769. The van der Waals surface area contributed by atoms with Crippen molar-refractivity contribution in [3.8, 4) is 11.4 Å². The lowest BCUT2D eigenvalue weighted by atomic mass is 10.2. The Morgan fingerprint density at radius 1 is 1.27 bits per heavy atom. The molecule has 78 valence electrons. The molecular formula is C11H13N3O. The number of nitrogens with zero attached hydrogens (tertiary/aromatic N) is 3. The SMILES string of the molecule is COc1ccc(-n2cnc(C)n2)c(C)c1. The van der Waals surface area contributed by atoms with Crippen molar-refractivity contribution in [2.75, 3.05) is 7.11 Å². The van der Waals surface area contributed by atoms with Gasteiger partial charge in [-0.15, -0.1) is 0 Å². The topological polar surface area (TPSA) is 39.9 Å². The summed E-state index contributed by atoms with van der Waals surface area (Å²) >= 11 is 0. The Balaban J connectivity index is 2.45. The molecule has 2 rings (SSSR count). The summed E-state index contributed by atoms with van der Waals surface area (Å²) in [4.78, 5) is 4.10. The highest BCUT2D eigenvalue weighted by Gasteiger charge is 2.04. The molecule has 0 unspecified atom stereocenters. The van der Waals surface area contributed by atoms with E-state index in [2.05, 4.69) is 10.1 Å². The molecule has 4 heteroatoms. The van der Waals surface area contributed by atoms with E-state index in [0.29, 0.717) is 0 Å². The van der Waals surface area contributed by atoms with Crippen molar-refractivity contribution in [1.82, 2.24) is 14.8 Å². The molecule has 0 bridgehead atoms. The fourth-order valence-corrected chi connectivity index (χ4v) is 1.47. The molecule has 2 aromatic rings. The lowest BCUT2D eigenvalue weighted by Gasteiger charge is -2.06. The van der Waals surface area contributed by atoms with Crippen molar-refractivity contribution in [3.05, 3.63) is 35.9 Å². The van der Waals surface area contributed by atoms with Gasteiger partial charge in [-0.1, -0.05) is 0 Å². The fourth-order valence-electron chi connectivity index (χ4n) is 1.47. The van der Waals surface area contributed by atoms with Crippen molar-refractivity contribution in [1.29, 1.82) is 0 Å². The maximum atomic E-state index is 5.15. The Kier molecular flexibility index (Phi) is 2.41. The number of ether oxygens (including phenoxy) is 1.